The van der Waals surface area contributed by atoms with Gasteiger partial charge in [0.25, 0.3) is 0 Å². The fourth-order valence-corrected chi connectivity index (χ4v) is 2.93. The van der Waals surface area contributed by atoms with Gasteiger partial charge in [-0.1, -0.05) is 19.9 Å². The van der Waals surface area contributed by atoms with Gasteiger partial charge in [-0.05, 0) is 35.4 Å². The number of aliphatic hydroxyl groups excluding tert-OH is 1. The molecule has 1 saturated carbocycles. The maximum absolute atomic E-state index is 10.6. The van der Waals surface area contributed by atoms with Crippen LogP contribution in [0.25, 0.3) is 0 Å². The molecule has 1 aromatic rings. The third kappa shape index (κ3) is 2.76. The average Bonchev–Trinajstić information content (AvgIpc) is 3.08. The normalized spacial score (nSPS) is 23.0. The summed E-state index contributed by atoms with van der Waals surface area (Å²) in [5.41, 5.74) is 7.12. The molecule has 0 amide bonds. The van der Waals surface area contributed by atoms with Crippen LogP contribution in [0.1, 0.15) is 31.7 Å². The Bertz CT molecular complexity index is 473. The third-order valence-corrected chi connectivity index (χ3v) is 4.50. The molecule has 0 aliphatic heterocycles. The van der Waals surface area contributed by atoms with Crippen LogP contribution in [-0.4, -0.2) is 32.0 Å². The summed E-state index contributed by atoms with van der Waals surface area (Å²) in [5.74, 6) is 1.62. The Morgan fingerprint density at radius 2 is 1.90 bits per heavy atom. The van der Waals surface area contributed by atoms with E-state index in [9.17, 15) is 5.11 Å². The summed E-state index contributed by atoms with van der Waals surface area (Å²) in [4.78, 5) is 0. The molecular weight excluding hydrogens is 254 g/mol. The molecular formula is C16H25NO3. The summed E-state index contributed by atoms with van der Waals surface area (Å²) in [5, 5.41) is 10.6. The molecule has 1 aliphatic rings. The lowest BCUT2D eigenvalue weighted by atomic mass is 9.88. The fraction of sp³-hybridized carbons (Fsp3) is 0.625. The van der Waals surface area contributed by atoms with Gasteiger partial charge in [-0.2, -0.15) is 0 Å². The van der Waals surface area contributed by atoms with Gasteiger partial charge >= 0.3 is 0 Å². The van der Waals surface area contributed by atoms with Gasteiger partial charge in [0, 0.05) is 12.5 Å². The number of hydrogen-bond donors (Lipinski definition) is 2. The Hall–Kier alpha value is -1.26. The van der Waals surface area contributed by atoms with Gasteiger partial charge in [0.1, 0.15) is 0 Å². The number of benzene rings is 1. The van der Waals surface area contributed by atoms with E-state index >= 15 is 0 Å². The number of methoxy groups -OCH3 is 2. The molecule has 112 valence electrons. The first kappa shape index (κ1) is 15.1. The number of aliphatic hydroxyl groups is 1. The minimum absolute atomic E-state index is 0.0680. The molecule has 3 unspecified atom stereocenters. The lowest BCUT2D eigenvalue weighted by molar-refractivity contribution is 0.109. The van der Waals surface area contributed by atoms with Crippen molar-refractivity contribution >= 4 is 0 Å². The fourth-order valence-electron chi connectivity index (χ4n) is 2.93. The van der Waals surface area contributed by atoms with Gasteiger partial charge in [0.2, 0.25) is 0 Å². The number of rotatable bonds is 6. The number of ether oxygens (including phenoxy) is 2. The summed E-state index contributed by atoms with van der Waals surface area (Å²) in [7, 11) is 3.22. The Morgan fingerprint density at radius 3 is 2.35 bits per heavy atom. The summed E-state index contributed by atoms with van der Waals surface area (Å²) < 4.78 is 10.6. The van der Waals surface area contributed by atoms with Crippen LogP contribution in [0.4, 0.5) is 0 Å². The second-order valence-corrected chi connectivity index (χ2v) is 6.25. The molecule has 1 aliphatic carbocycles. The molecule has 0 saturated heterocycles. The quantitative estimate of drug-likeness (QED) is 0.837. The molecule has 1 aromatic carbocycles. The zero-order valence-corrected chi connectivity index (χ0v) is 12.7. The van der Waals surface area contributed by atoms with E-state index < -0.39 is 6.10 Å². The SMILES string of the molecule is COc1ccc(C(CN)C(O)C2CC2(C)C)cc1OC. The highest BCUT2D eigenvalue weighted by molar-refractivity contribution is 5.44. The van der Waals surface area contributed by atoms with Gasteiger partial charge in [-0.25, -0.2) is 0 Å². The van der Waals surface area contributed by atoms with E-state index in [2.05, 4.69) is 13.8 Å². The van der Waals surface area contributed by atoms with Gasteiger partial charge < -0.3 is 20.3 Å². The summed E-state index contributed by atoms with van der Waals surface area (Å²) in [6.07, 6.45) is 0.644. The average molecular weight is 279 g/mol. The zero-order valence-electron chi connectivity index (χ0n) is 12.7. The predicted molar refractivity (Wildman–Crippen MR) is 79.2 cm³/mol. The lowest BCUT2D eigenvalue weighted by Gasteiger charge is -2.24. The Kier molecular flexibility index (Phi) is 4.25. The predicted octanol–water partition coefficient (Wildman–Crippen LogP) is 2.15. The molecule has 0 bridgehead atoms. The van der Waals surface area contributed by atoms with Crippen molar-refractivity contribution in [3.05, 3.63) is 23.8 Å². The maximum atomic E-state index is 10.6. The molecule has 3 N–H and O–H groups in total. The molecule has 0 heterocycles. The molecule has 2 rings (SSSR count). The first-order chi connectivity index (χ1) is 9.44. The van der Waals surface area contributed by atoms with Crippen molar-refractivity contribution in [2.24, 2.45) is 17.1 Å². The first-order valence-corrected chi connectivity index (χ1v) is 7.04. The monoisotopic (exact) mass is 279 g/mol. The van der Waals surface area contributed by atoms with Crippen LogP contribution in [0, 0.1) is 11.3 Å². The molecule has 0 radical (unpaired) electrons. The van der Waals surface area contributed by atoms with Gasteiger partial charge in [0.15, 0.2) is 11.5 Å². The zero-order chi connectivity index (χ0) is 14.9. The molecule has 3 atom stereocenters. The smallest absolute Gasteiger partial charge is 0.160 e. The van der Waals surface area contributed by atoms with Crippen LogP contribution in [-0.2, 0) is 0 Å². The van der Waals surface area contributed by atoms with Gasteiger partial charge in [0.05, 0.1) is 20.3 Å². The standard InChI is InChI=1S/C16H25NO3/c1-16(2)8-12(16)15(18)11(9-17)10-5-6-13(19-3)14(7-10)20-4/h5-7,11-12,15,18H,8-9,17H2,1-4H3. The third-order valence-electron chi connectivity index (χ3n) is 4.50. The van der Waals surface area contributed by atoms with Crippen LogP contribution in [0.2, 0.25) is 0 Å². The van der Waals surface area contributed by atoms with E-state index in [4.69, 9.17) is 15.2 Å². The highest BCUT2D eigenvalue weighted by Gasteiger charge is 2.51. The van der Waals surface area contributed by atoms with Gasteiger partial charge in [-0.15, -0.1) is 0 Å². The molecule has 1 fully saturated rings. The van der Waals surface area contributed by atoms with E-state index in [0.29, 0.717) is 24.0 Å². The van der Waals surface area contributed by atoms with Crippen LogP contribution in [0.5, 0.6) is 11.5 Å². The van der Waals surface area contributed by atoms with Crippen LogP contribution in [0.15, 0.2) is 18.2 Å². The second-order valence-electron chi connectivity index (χ2n) is 6.25. The van der Waals surface area contributed by atoms with Crippen molar-refractivity contribution < 1.29 is 14.6 Å². The topological polar surface area (TPSA) is 64.7 Å². The van der Waals surface area contributed by atoms with Crippen LogP contribution < -0.4 is 15.2 Å². The van der Waals surface area contributed by atoms with Gasteiger partial charge in [-0.3, -0.25) is 0 Å². The molecule has 20 heavy (non-hydrogen) atoms. The van der Waals surface area contributed by atoms with Crippen LogP contribution in [0.3, 0.4) is 0 Å². The minimum atomic E-state index is -0.409. The van der Waals surface area contributed by atoms with Crippen LogP contribution >= 0.6 is 0 Å². The van der Waals surface area contributed by atoms with Crippen molar-refractivity contribution in [3.8, 4) is 11.5 Å². The van der Waals surface area contributed by atoms with E-state index in [1.807, 2.05) is 18.2 Å². The Labute approximate surface area is 120 Å². The van der Waals surface area contributed by atoms with Crippen molar-refractivity contribution in [1.82, 2.24) is 0 Å². The molecule has 0 aromatic heterocycles. The lowest BCUT2D eigenvalue weighted by Crippen LogP contribution is -2.29. The van der Waals surface area contributed by atoms with Crippen molar-refractivity contribution in [1.29, 1.82) is 0 Å². The largest absolute Gasteiger partial charge is 0.493 e. The maximum Gasteiger partial charge on any atom is 0.160 e. The molecule has 4 nitrogen and oxygen atoms in total. The van der Waals surface area contributed by atoms with Crippen molar-refractivity contribution in [2.75, 3.05) is 20.8 Å². The van der Waals surface area contributed by atoms with Crippen molar-refractivity contribution in [3.63, 3.8) is 0 Å². The molecule has 0 spiro atoms. The first-order valence-electron chi connectivity index (χ1n) is 7.04. The minimum Gasteiger partial charge on any atom is -0.493 e. The highest BCUT2D eigenvalue weighted by atomic mass is 16.5. The van der Waals surface area contributed by atoms with E-state index in [0.717, 1.165) is 12.0 Å². The van der Waals surface area contributed by atoms with Crippen molar-refractivity contribution in [2.45, 2.75) is 32.3 Å². The van der Waals surface area contributed by atoms with E-state index in [-0.39, 0.29) is 11.3 Å². The molecule has 4 heteroatoms. The highest BCUT2D eigenvalue weighted by Crippen LogP contribution is 2.55. The Balaban J connectivity index is 2.23. The van der Waals surface area contributed by atoms with E-state index in [1.54, 1.807) is 14.2 Å². The Morgan fingerprint density at radius 1 is 1.30 bits per heavy atom. The summed E-state index contributed by atoms with van der Waals surface area (Å²) >= 11 is 0. The summed E-state index contributed by atoms with van der Waals surface area (Å²) in [6.45, 7) is 4.79. The second kappa shape index (κ2) is 5.62. The van der Waals surface area contributed by atoms with E-state index in [1.165, 1.54) is 0 Å². The number of nitrogens with two attached hydrogens (primary N) is 1. The summed E-state index contributed by atoms with van der Waals surface area (Å²) in [6, 6.07) is 5.73. The number of hydrogen-bond acceptors (Lipinski definition) is 4.